The molecule has 3 rings (SSSR count). The fourth-order valence-corrected chi connectivity index (χ4v) is 4.77. The average molecular weight is 412 g/mol. The van der Waals surface area contributed by atoms with Gasteiger partial charge in [-0.25, -0.2) is 0 Å². The molecule has 1 aliphatic rings. The third-order valence-electron chi connectivity index (χ3n) is 6.57. The van der Waals surface area contributed by atoms with Crippen molar-refractivity contribution in [3.05, 3.63) is 58.7 Å². The number of rotatable bonds is 5. The number of carboxylic acid groups (broad SMARTS) is 1. The van der Waals surface area contributed by atoms with Crippen molar-refractivity contribution in [2.75, 3.05) is 4.72 Å². The molecule has 0 saturated carbocycles. The molecule has 0 radical (unpaired) electrons. The number of carboxylic acids is 1. The minimum absolute atomic E-state index is 0.192. The Hall–Kier alpha value is -1.94. The van der Waals surface area contributed by atoms with Gasteiger partial charge in [-0.15, -0.1) is 0 Å². The summed E-state index contributed by atoms with van der Waals surface area (Å²) in [5, 5.41) is 9.40. The molecule has 2 aromatic rings. The van der Waals surface area contributed by atoms with E-state index in [0.29, 0.717) is 0 Å². The van der Waals surface area contributed by atoms with E-state index in [4.69, 9.17) is 0 Å². The lowest BCUT2D eigenvalue weighted by atomic mass is 9.63. The largest absolute Gasteiger partial charge is 0.481 e. The van der Waals surface area contributed by atoms with E-state index in [1.807, 2.05) is 24.3 Å². The summed E-state index contributed by atoms with van der Waals surface area (Å²) in [4.78, 5) is 12.7. The summed E-state index contributed by atoms with van der Waals surface area (Å²) in [5.74, 6) is -0.817. The van der Waals surface area contributed by atoms with Crippen LogP contribution in [0.3, 0.4) is 0 Å². The minimum Gasteiger partial charge on any atom is -0.481 e. The molecule has 0 bridgehead atoms. The summed E-state index contributed by atoms with van der Waals surface area (Å²) in [6.07, 6.45) is 2.42. The zero-order valence-electron chi connectivity index (χ0n) is 18.6. The molecule has 29 heavy (non-hydrogen) atoms. The normalized spacial score (nSPS) is 17.5. The molecular formula is C25H33NO2S. The molecule has 4 heteroatoms. The van der Waals surface area contributed by atoms with E-state index in [1.54, 1.807) is 25.8 Å². The SMILES string of the molecule is Cc1cc2c(cc1SNc1ccc(C(C)(C)C(=O)O)cc1)C(C)(C)CCC2(C)C. The lowest BCUT2D eigenvalue weighted by Crippen LogP contribution is -2.34. The first-order valence-electron chi connectivity index (χ1n) is 10.3. The number of aryl methyl sites for hydroxylation is 1. The Balaban J connectivity index is 1.82. The van der Waals surface area contributed by atoms with Crippen LogP contribution >= 0.6 is 11.9 Å². The molecule has 0 saturated heterocycles. The molecule has 0 aliphatic heterocycles. The predicted octanol–water partition coefficient (Wildman–Crippen LogP) is 6.83. The van der Waals surface area contributed by atoms with Crippen molar-refractivity contribution in [2.24, 2.45) is 0 Å². The molecule has 0 unspecified atom stereocenters. The predicted molar refractivity (Wildman–Crippen MR) is 123 cm³/mol. The maximum absolute atomic E-state index is 11.5. The quantitative estimate of drug-likeness (QED) is 0.530. The molecule has 0 heterocycles. The van der Waals surface area contributed by atoms with Crippen molar-refractivity contribution in [1.82, 2.24) is 0 Å². The third-order valence-corrected chi connectivity index (χ3v) is 7.57. The number of benzene rings is 2. The van der Waals surface area contributed by atoms with Gasteiger partial charge in [0.25, 0.3) is 0 Å². The Bertz CT molecular complexity index is 927. The highest BCUT2D eigenvalue weighted by atomic mass is 32.2. The highest BCUT2D eigenvalue weighted by Crippen LogP contribution is 2.47. The van der Waals surface area contributed by atoms with Crippen LogP contribution in [-0.2, 0) is 21.0 Å². The number of aliphatic carboxylic acids is 1. The lowest BCUT2D eigenvalue weighted by molar-refractivity contribution is -0.142. The van der Waals surface area contributed by atoms with Gasteiger partial charge in [0.15, 0.2) is 0 Å². The van der Waals surface area contributed by atoms with Gasteiger partial charge in [-0.1, -0.05) is 45.9 Å². The summed E-state index contributed by atoms with van der Waals surface area (Å²) in [6, 6.07) is 12.4. The number of fused-ring (bicyclic) bond motifs is 1. The van der Waals surface area contributed by atoms with Crippen LogP contribution in [0.25, 0.3) is 0 Å². The highest BCUT2D eigenvalue weighted by molar-refractivity contribution is 8.00. The maximum atomic E-state index is 11.5. The molecule has 1 aliphatic carbocycles. The van der Waals surface area contributed by atoms with E-state index >= 15 is 0 Å². The zero-order chi connectivity index (χ0) is 21.6. The van der Waals surface area contributed by atoms with Gasteiger partial charge >= 0.3 is 5.97 Å². The van der Waals surface area contributed by atoms with Crippen LogP contribution in [0.5, 0.6) is 0 Å². The number of anilines is 1. The standard InChI is InChI=1S/C25H33NO2S/c1-16-14-19-20(24(4,5)13-12-23(19,2)3)15-21(16)29-26-18-10-8-17(9-11-18)25(6,7)22(27)28/h8-11,14-15,26H,12-13H2,1-7H3,(H,27,28). The van der Waals surface area contributed by atoms with Crippen LogP contribution in [0, 0.1) is 6.92 Å². The Morgan fingerprint density at radius 1 is 1.00 bits per heavy atom. The van der Waals surface area contributed by atoms with Crippen molar-refractivity contribution < 1.29 is 9.90 Å². The molecule has 0 fully saturated rings. The summed E-state index contributed by atoms with van der Waals surface area (Å²) >= 11 is 1.63. The van der Waals surface area contributed by atoms with Gasteiger partial charge in [-0.2, -0.15) is 0 Å². The van der Waals surface area contributed by atoms with Gasteiger partial charge in [0, 0.05) is 10.6 Å². The Morgan fingerprint density at radius 3 is 2.03 bits per heavy atom. The topological polar surface area (TPSA) is 49.3 Å². The Kier molecular flexibility index (Phi) is 5.55. The molecule has 0 amide bonds. The smallest absolute Gasteiger partial charge is 0.313 e. The Morgan fingerprint density at radius 2 is 1.52 bits per heavy atom. The molecule has 0 aromatic heterocycles. The van der Waals surface area contributed by atoms with E-state index in [1.165, 1.54) is 34.4 Å². The Labute approximate surface area is 179 Å². The van der Waals surface area contributed by atoms with Crippen molar-refractivity contribution in [1.29, 1.82) is 0 Å². The summed E-state index contributed by atoms with van der Waals surface area (Å²) in [7, 11) is 0. The molecule has 2 aromatic carbocycles. The zero-order valence-corrected chi connectivity index (χ0v) is 19.5. The summed E-state index contributed by atoms with van der Waals surface area (Å²) < 4.78 is 3.43. The van der Waals surface area contributed by atoms with Crippen molar-refractivity contribution in [3.8, 4) is 0 Å². The second-order valence-corrected chi connectivity index (χ2v) is 11.0. The number of hydrogen-bond donors (Lipinski definition) is 2. The lowest BCUT2D eigenvalue weighted by Gasteiger charge is -2.42. The van der Waals surface area contributed by atoms with Gasteiger partial charge in [0.1, 0.15) is 0 Å². The van der Waals surface area contributed by atoms with Gasteiger partial charge in [-0.05, 0) is 96.8 Å². The molecular weight excluding hydrogens is 378 g/mol. The van der Waals surface area contributed by atoms with Crippen LogP contribution in [0.4, 0.5) is 5.69 Å². The van der Waals surface area contributed by atoms with Crippen molar-refractivity contribution in [2.45, 2.75) is 82.4 Å². The van der Waals surface area contributed by atoms with Crippen molar-refractivity contribution >= 4 is 23.6 Å². The monoisotopic (exact) mass is 411 g/mol. The van der Waals surface area contributed by atoms with Gasteiger partial charge in [-0.3, -0.25) is 4.79 Å². The van der Waals surface area contributed by atoms with E-state index in [2.05, 4.69) is 51.5 Å². The second-order valence-electron chi connectivity index (χ2n) is 10.1. The first-order chi connectivity index (χ1) is 13.3. The maximum Gasteiger partial charge on any atom is 0.313 e. The van der Waals surface area contributed by atoms with Crippen LogP contribution in [0.15, 0.2) is 41.3 Å². The first kappa shape index (κ1) is 21.8. The van der Waals surface area contributed by atoms with E-state index in [0.717, 1.165) is 11.3 Å². The van der Waals surface area contributed by atoms with Gasteiger partial charge in [0.05, 0.1) is 5.41 Å². The summed E-state index contributed by atoms with van der Waals surface area (Å²) in [5.41, 5.74) is 5.52. The van der Waals surface area contributed by atoms with Gasteiger partial charge in [0.2, 0.25) is 0 Å². The van der Waals surface area contributed by atoms with Crippen LogP contribution in [-0.4, -0.2) is 11.1 Å². The van der Waals surface area contributed by atoms with Crippen LogP contribution in [0.2, 0.25) is 0 Å². The second kappa shape index (κ2) is 7.39. The molecule has 0 spiro atoms. The van der Waals surface area contributed by atoms with Crippen LogP contribution in [0.1, 0.15) is 76.6 Å². The summed E-state index contributed by atoms with van der Waals surface area (Å²) in [6.45, 7) is 15.0. The van der Waals surface area contributed by atoms with E-state index in [-0.39, 0.29) is 10.8 Å². The number of carbonyl (C=O) groups is 1. The van der Waals surface area contributed by atoms with Crippen molar-refractivity contribution in [3.63, 3.8) is 0 Å². The minimum atomic E-state index is -0.890. The number of nitrogens with one attached hydrogen (secondary N) is 1. The van der Waals surface area contributed by atoms with Gasteiger partial charge < -0.3 is 9.83 Å². The first-order valence-corrected chi connectivity index (χ1v) is 11.1. The molecule has 0 atom stereocenters. The number of hydrogen-bond acceptors (Lipinski definition) is 3. The van der Waals surface area contributed by atoms with Crippen LogP contribution < -0.4 is 4.72 Å². The van der Waals surface area contributed by atoms with E-state index < -0.39 is 11.4 Å². The third kappa shape index (κ3) is 4.18. The molecule has 2 N–H and O–H groups in total. The molecule has 3 nitrogen and oxygen atoms in total. The average Bonchev–Trinajstić information content (AvgIpc) is 2.64. The fourth-order valence-electron chi connectivity index (χ4n) is 4.00. The highest BCUT2D eigenvalue weighted by Gasteiger charge is 2.37. The van der Waals surface area contributed by atoms with E-state index in [9.17, 15) is 9.90 Å². The fraction of sp³-hybridized carbons (Fsp3) is 0.480. The molecule has 156 valence electrons.